The maximum atomic E-state index is 13.1. The standard InChI is InChI=1S/C19H25NO2S/c1-13-14(2)23(22)11-10-20(13)18(21)17-12-19(17)9-5-7-15-6-3-4-8-16(15)19/h3-4,6,8,13-14,17H,5,7,9-12H2,1-2H3/t13-,14+,17+,19+,23+/m1/s1. The van der Waals surface area contributed by atoms with Gasteiger partial charge >= 0.3 is 0 Å². The van der Waals surface area contributed by atoms with Gasteiger partial charge in [-0.05, 0) is 50.7 Å². The fourth-order valence-electron chi connectivity index (χ4n) is 4.72. The van der Waals surface area contributed by atoms with E-state index in [0.29, 0.717) is 18.2 Å². The molecule has 3 aliphatic rings. The summed E-state index contributed by atoms with van der Waals surface area (Å²) in [5.74, 6) is 1.08. The first-order valence-electron chi connectivity index (χ1n) is 8.80. The lowest BCUT2D eigenvalue weighted by Crippen LogP contribution is -2.53. The molecule has 23 heavy (non-hydrogen) atoms. The van der Waals surface area contributed by atoms with Crippen molar-refractivity contribution in [2.75, 3.05) is 12.3 Å². The minimum atomic E-state index is -0.788. The summed E-state index contributed by atoms with van der Waals surface area (Å²) in [7, 11) is -0.788. The third-order valence-electron chi connectivity index (χ3n) is 6.40. The van der Waals surface area contributed by atoms with Gasteiger partial charge in [-0.1, -0.05) is 24.3 Å². The van der Waals surface area contributed by atoms with Crippen molar-refractivity contribution >= 4 is 16.7 Å². The van der Waals surface area contributed by atoms with E-state index in [1.54, 1.807) is 0 Å². The van der Waals surface area contributed by atoms with E-state index in [2.05, 4.69) is 31.2 Å². The highest BCUT2D eigenvalue weighted by Crippen LogP contribution is 2.61. The normalized spacial score (nSPS) is 39.1. The van der Waals surface area contributed by atoms with Crippen LogP contribution in [0.5, 0.6) is 0 Å². The van der Waals surface area contributed by atoms with Gasteiger partial charge in [0.15, 0.2) is 0 Å². The lowest BCUT2D eigenvalue weighted by Gasteiger charge is -2.38. The third kappa shape index (κ3) is 2.29. The predicted molar refractivity (Wildman–Crippen MR) is 92.8 cm³/mol. The molecule has 4 rings (SSSR count). The third-order valence-corrected chi connectivity index (χ3v) is 8.21. The number of carbonyl (C=O) groups excluding carboxylic acids is 1. The van der Waals surface area contributed by atoms with Crippen LogP contribution in [0.4, 0.5) is 0 Å². The van der Waals surface area contributed by atoms with E-state index in [0.717, 1.165) is 19.3 Å². The minimum absolute atomic E-state index is 0.0843. The zero-order valence-electron chi connectivity index (χ0n) is 14.0. The summed E-state index contributed by atoms with van der Waals surface area (Å²) in [6.45, 7) is 4.73. The molecule has 1 aliphatic heterocycles. The lowest BCUT2D eigenvalue weighted by atomic mass is 9.78. The predicted octanol–water partition coefficient (Wildman–Crippen LogP) is 2.65. The van der Waals surface area contributed by atoms with Crippen LogP contribution in [-0.2, 0) is 27.4 Å². The molecule has 4 heteroatoms. The molecule has 1 spiro atoms. The summed E-state index contributed by atoms with van der Waals surface area (Å²) in [5.41, 5.74) is 2.96. The maximum absolute atomic E-state index is 13.1. The largest absolute Gasteiger partial charge is 0.338 e. The molecule has 5 atom stereocenters. The molecule has 1 heterocycles. The molecule has 0 radical (unpaired) electrons. The Kier molecular flexibility index (Phi) is 3.63. The van der Waals surface area contributed by atoms with E-state index < -0.39 is 10.8 Å². The fourth-order valence-corrected chi connectivity index (χ4v) is 6.05. The van der Waals surface area contributed by atoms with E-state index in [1.165, 1.54) is 17.5 Å². The van der Waals surface area contributed by atoms with Gasteiger partial charge in [-0.2, -0.15) is 0 Å². The van der Waals surface area contributed by atoms with E-state index in [-0.39, 0.29) is 22.6 Å². The van der Waals surface area contributed by atoms with Gasteiger partial charge in [0.05, 0.1) is 5.25 Å². The molecule has 2 fully saturated rings. The SMILES string of the molecule is C[C@@H]1[C@H](C)[S@@](=O)CCN1C(=O)[C@@H]1C[C@]12CCCc1ccccc12. The lowest BCUT2D eigenvalue weighted by molar-refractivity contribution is -0.135. The second kappa shape index (κ2) is 5.44. The van der Waals surface area contributed by atoms with Crippen LogP contribution in [0.2, 0.25) is 0 Å². The maximum Gasteiger partial charge on any atom is 0.226 e. The van der Waals surface area contributed by atoms with E-state index in [9.17, 15) is 9.00 Å². The Balaban J connectivity index is 1.58. The Morgan fingerprint density at radius 1 is 1.30 bits per heavy atom. The van der Waals surface area contributed by atoms with Crippen LogP contribution in [0.1, 0.15) is 44.2 Å². The topological polar surface area (TPSA) is 37.4 Å². The first-order valence-corrected chi connectivity index (χ1v) is 10.2. The molecule has 2 aliphatic carbocycles. The van der Waals surface area contributed by atoms with E-state index in [1.807, 2.05) is 11.8 Å². The Bertz CT molecular complexity index is 673. The molecule has 0 aromatic heterocycles. The molecule has 3 nitrogen and oxygen atoms in total. The van der Waals surface area contributed by atoms with Crippen LogP contribution in [0.15, 0.2) is 24.3 Å². The van der Waals surface area contributed by atoms with Crippen LogP contribution >= 0.6 is 0 Å². The van der Waals surface area contributed by atoms with E-state index >= 15 is 0 Å². The summed E-state index contributed by atoms with van der Waals surface area (Å²) in [6.07, 6.45) is 4.49. The summed E-state index contributed by atoms with van der Waals surface area (Å²) in [4.78, 5) is 15.1. The molecule has 1 aromatic rings. The van der Waals surface area contributed by atoms with Crippen molar-refractivity contribution in [2.45, 2.75) is 56.2 Å². The molecule has 1 amide bonds. The highest BCUT2D eigenvalue weighted by Gasteiger charge is 2.61. The van der Waals surface area contributed by atoms with Gasteiger partial charge in [0.2, 0.25) is 5.91 Å². The van der Waals surface area contributed by atoms with Gasteiger partial charge in [-0.3, -0.25) is 9.00 Å². The van der Waals surface area contributed by atoms with Gasteiger partial charge in [0.25, 0.3) is 0 Å². The number of aryl methyl sites for hydroxylation is 1. The van der Waals surface area contributed by atoms with Crippen molar-refractivity contribution in [2.24, 2.45) is 5.92 Å². The number of rotatable bonds is 1. The second-order valence-corrected chi connectivity index (χ2v) is 9.40. The monoisotopic (exact) mass is 331 g/mol. The Labute approximate surface area is 140 Å². The average molecular weight is 331 g/mol. The average Bonchev–Trinajstić information content (AvgIpc) is 3.27. The highest BCUT2D eigenvalue weighted by molar-refractivity contribution is 7.85. The van der Waals surface area contributed by atoms with Crippen molar-refractivity contribution in [3.8, 4) is 0 Å². The number of carbonyl (C=O) groups is 1. The minimum Gasteiger partial charge on any atom is -0.338 e. The molecule has 0 unspecified atom stereocenters. The molecule has 1 saturated carbocycles. The molecular weight excluding hydrogens is 306 g/mol. The number of fused-ring (bicyclic) bond motifs is 2. The zero-order chi connectivity index (χ0) is 16.2. The number of nitrogens with zero attached hydrogens (tertiary/aromatic N) is 1. The quantitative estimate of drug-likeness (QED) is 0.793. The van der Waals surface area contributed by atoms with Crippen LogP contribution in [0, 0.1) is 5.92 Å². The fraction of sp³-hybridized carbons (Fsp3) is 0.632. The van der Waals surface area contributed by atoms with Gasteiger partial charge in [0, 0.05) is 40.5 Å². The van der Waals surface area contributed by atoms with Gasteiger partial charge in [-0.15, -0.1) is 0 Å². The van der Waals surface area contributed by atoms with Crippen LogP contribution in [0.25, 0.3) is 0 Å². The highest BCUT2D eigenvalue weighted by atomic mass is 32.2. The number of hydrogen-bond acceptors (Lipinski definition) is 2. The first-order chi connectivity index (χ1) is 11.0. The number of amides is 1. The van der Waals surface area contributed by atoms with Crippen LogP contribution in [-0.4, -0.2) is 38.6 Å². The number of benzene rings is 1. The van der Waals surface area contributed by atoms with Crippen LogP contribution in [0.3, 0.4) is 0 Å². The summed E-state index contributed by atoms with van der Waals surface area (Å²) in [6, 6.07) is 8.78. The zero-order valence-corrected chi connectivity index (χ0v) is 14.8. The van der Waals surface area contributed by atoms with Gasteiger partial charge < -0.3 is 4.90 Å². The molecule has 0 bridgehead atoms. The molecule has 1 aromatic carbocycles. The van der Waals surface area contributed by atoms with Crippen molar-refractivity contribution < 1.29 is 9.00 Å². The van der Waals surface area contributed by atoms with Crippen molar-refractivity contribution in [3.05, 3.63) is 35.4 Å². The van der Waals surface area contributed by atoms with Gasteiger partial charge in [-0.25, -0.2) is 0 Å². The summed E-state index contributed by atoms with van der Waals surface area (Å²) >= 11 is 0. The number of hydrogen-bond donors (Lipinski definition) is 0. The van der Waals surface area contributed by atoms with E-state index in [4.69, 9.17) is 0 Å². The Hall–Kier alpha value is -1.16. The first kappa shape index (κ1) is 15.4. The Morgan fingerprint density at radius 3 is 2.91 bits per heavy atom. The second-order valence-electron chi connectivity index (χ2n) is 7.49. The van der Waals surface area contributed by atoms with Gasteiger partial charge in [0.1, 0.15) is 0 Å². The molecule has 0 N–H and O–H groups in total. The van der Waals surface area contributed by atoms with Crippen molar-refractivity contribution in [1.29, 1.82) is 0 Å². The summed E-state index contributed by atoms with van der Waals surface area (Å²) in [5, 5.41) is 0.0843. The molecule has 1 saturated heterocycles. The van der Waals surface area contributed by atoms with Crippen LogP contribution < -0.4 is 0 Å². The smallest absolute Gasteiger partial charge is 0.226 e. The van der Waals surface area contributed by atoms with Crippen molar-refractivity contribution in [1.82, 2.24) is 4.90 Å². The molecule has 124 valence electrons. The summed E-state index contributed by atoms with van der Waals surface area (Å²) < 4.78 is 12.0. The van der Waals surface area contributed by atoms with Crippen molar-refractivity contribution in [3.63, 3.8) is 0 Å². The molecular formula is C19H25NO2S. The Morgan fingerprint density at radius 2 is 2.09 bits per heavy atom.